The zero-order chi connectivity index (χ0) is 19.7. The predicted molar refractivity (Wildman–Crippen MR) is 121 cm³/mol. The van der Waals surface area contributed by atoms with Crippen LogP contribution in [0, 0.1) is 6.92 Å². The molecule has 2 aromatic carbocycles. The number of hydrogen-bond donors (Lipinski definition) is 3. The summed E-state index contributed by atoms with van der Waals surface area (Å²) >= 11 is 10.4. The average Bonchev–Trinajstić information content (AvgIpc) is 3.20. The fourth-order valence-electron chi connectivity index (χ4n) is 3.67. The van der Waals surface area contributed by atoms with Gasteiger partial charge in [-0.05, 0) is 72.6 Å². The molecule has 0 fully saturated rings. The molecule has 0 saturated heterocycles. The molecule has 1 aromatic heterocycles. The van der Waals surface area contributed by atoms with E-state index < -0.39 is 0 Å². The first kappa shape index (κ1) is 18.9. The average molecular weight is 409 g/mol. The summed E-state index contributed by atoms with van der Waals surface area (Å²) in [5.74, 6) is 0.758. The number of aromatic amines is 1. The fraction of sp³-hybridized carbons (Fsp3) is 0.174. The van der Waals surface area contributed by atoms with Crippen LogP contribution in [0.3, 0.4) is 0 Å². The van der Waals surface area contributed by atoms with Gasteiger partial charge in [-0.2, -0.15) is 12.6 Å². The Morgan fingerprint density at radius 1 is 1.14 bits per heavy atom. The third-order valence-electron chi connectivity index (χ3n) is 4.94. The van der Waals surface area contributed by atoms with Gasteiger partial charge in [0.1, 0.15) is 0 Å². The number of amides is 1. The molecule has 0 aliphatic carbocycles. The van der Waals surface area contributed by atoms with Crippen molar-refractivity contribution in [2.75, 3.05) is 11.1 Å². The minimum absolute atomic E-state index is 0.0798. The Hall–Kier alpha value is -2.43. The molecule has 0 saturated carbocycles. The van der Waals surface area contributed by atoms with E-state index in [-0.39, 0.29) is 5.91 Å². The number of aryl methyl sites for hydroxylation is 2. The second-order valence-corrected chi connectivity index (χ2v) is 7.85. The van der Waals surface area contributed by atoms with E-state index in [1.54, 1.807) is 0 Å². The van der Waals surface area contributed by atoms with Crippen LogP contribution in [-0.2, 0) is 11.2 Å². The smallest absolute Gasteiger partial charge is 0.256 e. The summed E-state index contributed by atoms with van der Waals surface area (Å²) in [5, 5.41) is 3.69. The molecule has 0 spiro atoms. The van der Waals surface area contributed by atoms with E-state index in [2.05, 4.69) is 29.0 Å². The summed E-state index contributed by atoms with van der Waals surface area (Å²) in [5.41, 5.74) is 7.78. The number of nitrogens with one attached hydrogen (secondary N) is 2. The van der Waals surface area contributed by atoms with Crippen molar-refractivity contribution in [3.05, 3.63) is 76.1 Å². The zero-order valence-electron chi connectivity index (χ0n) is 15.6. The van der Waals surface area contributed by atoms with Gasteiger partial charge in [-0.25, -0.2) is 0 Å². The van der Waals surface area contributed by atoms with Gasteiger partial charge < -0.3 is 10.3 Å². The molecule has 0 radical (unpaired) electrons. The van der Waals surface area contributed by atoms with Crippen molar-refractivity contribution < 1.29 is 4.79 Å². The number of carbonyl (C=O) groups excluding carboxylic acids is 1. The highest BCUT2D eigenvalue weighted by atomic mass is 35.5. The van der Waals surface area contributed by atoms with Crippen molar-refractivity contribution >= 4 is 47.5 Å². The largest absolute Gasteiger partial charge is 0.359 e. The number of halogens is 1. The maximum Gasteiger partial charge on any atom is 0.256 e. The highest BCUT2D eigenvalue weighted by molar-refractivity contribution is 7.80. The molecule has 4 rings (SSSR count). The Morgan fingerprint density at radius 3 is 2.68 bits per heavy atom. The van der Waals surface area contributed by atoms with E-state index in [1.807, 2.05) is 55.5 Å². The van der Waals surface area contributed by atoms with Crippen molar-refractivity contribution in [3.8, 4) is 11.1 Å². The van der Waals surface area contributed by atoms with Gasteiger partial charge in [-0.15, -0.1) is 0 Å². The molecule has 2 heterocycles. The highest BCUT2D eigenvalue weighted by Gasteiger charge is 2.27. The van der Waals surface area contributed by atoms with E-state index in [4.69, 9.17) is 11.6 Å². The summed E-state index contributed by atoms with van der Waals surface area (Å²) in [6, 6.07) is 15.8. The van der Waals surface area contributed by atoms with Crippen molar-refractivity contribution in [1.82, 2.24) is 4.98 Å². The minimum Gasteiger partial charge on any atom is -0.359 e. The van der Waals surface area contributed by atoms with Crippen LogP contribution >= 0.6 is 24.2 Å². The lowest BCUT2D eigenvalue weighted by atomic mass is 9.94. The number of benzene rings is 2. The van der Waals surface area contributed by atoms with Crippen molar-refractivity contribution in [1.29, 1.82) is 0 Å². The first-order chi connectivity index (χ1) is 13.6. The first-order valence-corrected chi connectivity index (χ1v) is 10.3. The van der Waals surface area contributed by atoms with E-state index in [0.29, 0.717) is 10.6 Å². The van der Waals surface area contributed by atoms with Gasteiger partial charge in [-0.1, -0.05) is 35.9 Å². The standard InChI is InChI=1S/C23H21ClN2OS/c1-14-12-16(4-3-11-28)21(25-14)13-19-22-18(15-7-9-17(24)10-8-15)5-2-6-20(22)26-23(19)27/h2,5-10,12-13,25,28H,3-4,11H2,1H3,(H,26,27)/b19-13-. The number of aromatic nitrogens is 1. The molecule has 1 aliphatic rings. The maximum atomic E-state index is 12.8. The first-order valence-electron chi connectivity index (χ1n) is 9.28. The lowest BCUT2D eigenvalue weighted by Crippen LogP contribution is -2.04. The van der Waals surface area contributed by atoms with E-state index >= 15 is 0 Å². The third kappa shape index (κ3) is 3.62. The number of H-pyrrole nitrogens is 1. The third-order valence-corrected chi connectivity index (χ3v) is 5.51. The minimum atomic E-state index is -0.0798. The van der Waals surface area contributed by atoms with Gasteiger partial charge in [-0.3, -0.25) is 4.79 Å². The Balaban J connectivity index is 1.83. The van der Waals surface area contributed by atoms with Crippen LogP contribution < -0.4 is 5.32 Å². The quantitative estimate of drug-likeness (QED) is 0.352. The van der Waals surface area contributed by atoms with E-state index in [0.717, 1.165) is 52.4 Å². The van der Waals surface area contributed by atoms with Gasteiger partial charge in [0, 0.05) is 27.7 Å². The zero-order valence-corrected chi connectivity index (χ0v) is 17.2. The lowest BCUT2D eigenvalue weighted by Gasteiger charge is -2.09. The lowest BCUT2D eigenvalue weighted by molar-refractivity contribution is -0.110. The monoisotopic (exact) mass is 408 g/mol. The second-order valence-electron chi connectivity index (χ2n) is 6.97. The van der Waals surface area contributed by atoms with E-state index in [9.17, 15) is 4.79 Å². The molecule has 2 N–H and O–H groups in total. The highest BCUT2D eigenvalue weighted by Crippen LogP contribution is 2.40. The summed E-state index contributed by atoms with van der Waals surface area (Å²) < 4.78 is 0. The summed E-state index contributed by atoms with van der Waals surface area (Å²) in [6.07, 6.45) is 3.90. The number of rotatable bonds is 5. The Labute approximate surface area is 175 Å². The molecule has 0 atom stereocenters. The number of fused-ring (bicyclic) bond motifs is 1. The topological polar surface area (TPSA) is 44.9 Å². The number of anilines is 1. The molecule has 0 unspecified atom stereocenters. The van der Waals surface area contributed by atoms with Crippen molar-refractivity contribution in [2.45, 2.75) is 19.8 Å². The molecule has 1 aliphatic heterocycles. The Bertz CT molecular complexity index is 1070. The molecule has 5 heteroatoms. The predicted octanol–water partition coefficient (Wildman–Crippen LogP) is 6.00. The molecule has 3 aromatic rings. The molecule has 1 amide bonds. The van der Waals surface area contributed by atoms with Crippen molar-refractivity contribution in [2.24, 2.45) is 0 Å². The van der Waals surface area contributed by atoms with Crippen LogP contribution in [0.1, 0.15) is 28.9 Å². The van der Waals surface area contributed by atoms with Gasteiger partial charge in [0.25, 0.3) is 5.91 Å². The normalized spacial score (nSPS) is 14.4. The van der Waals surface area contributed by atoms with Crippen LogP contribution in [0.2, 0.25) is 5.02 Å². The van der Waals surface area contributed by atoms with E-state index in [1.165, 1.54) is 5.56 Å². The molecular formula is C23H21ClN2OS. The molecule has 3 nitrogen and oxygen atoms in total. The van der Waals surface area contributed by atoms with Gasteiger partial charge >= 0.3 is 0 Å². The molecule has 142 valence electrons. The van der Waals surface area contributed by atoms with Crippen LogP contribution in [-0.4, -0.2) is 16.6 Å². The SMILES string of the molecule is Cc1cc(CCCS)c(/C=C2\C(=O)Nc3cccc(-c4ccc(Cl)cc4)c32)[nH]1. The molecule has 28 heavy (non-hydrogen) atoms. The Morgan fingerprint density at radius 2 is 1.93 bits per heavy atom. The molecule has 0 bridgehead atoms. The number of carbonyl (C=O) groups is 1. The van der Waals surface area contributed by atoms with Crippen LogP contribution in [0.4, 0.5) is 5.69 Å². The van der Waals surface area contributed by atoms with Crippen LogP contribution in [0.5, 0.6) is 0 Å². The fourth-order valence-corrected chi connectivity index (χ4v) is 3.96. The molecular weight excluding hydrogens is 388 g/mol. The van der Waals surface area contributed by atoms with Gasteiger partial charge in [0.05, 0.1) is 5.57 Å². The Kier molecular flexibility index (Phi) is 5.33. The van der Waals surface area contributed by atoms with Crippen LogP contribution in [0.25, 0.3) is 22.8 Å². The summed E-state index contributed by atoms with van der Waals surface area (Å²) in [4.78, 5) is 16.2. The summed E-state index contributed by atoms with van der Waals surface area (Å²) in [7, 11) is 0. The second kappa shape index (κ2) is 7.90. The van der Waals surface area contributed by atoms with Gasteiger partial charge in [0.2, 0.25) is 0 Å². The van der Waals surface area contributed by atoms with Crippen molar-refractivity contribution in [3.63, 3.8) is 0 Å². The maximum absolute atomic E-state index is 12.8. The number of hydrogen-bond acceptors (Lipinski definition) is 2. The van der Waals surface area contributed by atoms with Gasteiger partial charge in [0.15, 0.2) is 0 Å². The van der Waals surface area contributed by atoms with Crippen LogP contribution in [0.15, 0.2) is 48.5 Å². The number of thiol groups is 1. The summed E-state index contributed by atoms with van der Waals surface area (Å²) in [6.45, 7) is 2.04.